The van der Waals surface area contributed by atoms with Gasteiger partial charge in [0.25, 0.3) is 0 Å². The first-order valence-corrected chi connectivity index (χ1v) is 9.47. The predicted molar refractivity (Wildman–Crippen MR) is 113 cm³/mol. The lowest BCUT2D eigenvalue weighted by molar-refractivity contribution is -0.118. The molecule has 0 unspecified atom stereocenters. The van der Waals surface area contributed by atoms with Crippen molar-refractivity contribution < 1.29 is 4.79 Å². The van der Waals surface area contributed by atoms with E-state index in [-0.39, 0.29) is 5.91 Å². The van der Waals surface area contributed by atoms with Crippen molar-refractivity contribution in [2.45, 2.75) is 26.7 Å². The van der Waals surface area contributed by atoms with Gasteiger partial charge in [0.1, 0.15) is 0 Å². The summed E-state index contributed by atoms with van der Waals surface area (Å²) in [7, 11) is 0. The minimum atomic E-state index is 0.0862. The minimum Gasteiger partial charge on any atom is -0.312 e. The molecule has 0 N–H and O–H groups in total. The number of carbonyl (C=O) groups is 1. The van der Waals surface area contributed by atoms with Crippen LogP contribution in [0.3, 0.4) is 0 Å². The van der Waals surface area contributed by atoms with Crippen molar-refractivity contribution in [3.63, 3.8) is 0 Å². The third-order valence-electron chi connectivity index (χ3n) is 5.01. The fourth-order valence-electron chi connectivity index (χ4n) is 3.14. The number of amides is 1. The smallest absolute Gasteiger partial charge is 0.231 e. The van der Waals surface area contributed by atoms with E-state index in [9.17, 15) is 4.79 Å². The van der Waals surface area contributed by atoms with E-state index in [1.807, 2.05) is 65.6 Å². The van der Waals surface area contributed by atoms with E-state index in [0.717, 1.165) is 23.2 Å². The fraction of sp³-hybridized carbons (Fsp3) is 0.200. The predicted octanol–water partition coefficient (Wildman–Crippen LogP) is 4.99. The second-order valence-corrected chi connectivity index (χ2v) is 7.04. The topological polar surface area (TPSA) is 44.1 Å². The third kappa shape index (κ3) is 4.86. The highest BCUT2D eigenvalue weighted by Gasteiger charge is 2.17. The maximum atomic E-state index is 13.1. The van der Waals surface area contributed by atoms with E-state index in [4.69, 9.17) is 5.26 Å². The summed E-state index contributed by atoms with van der Waals surface area (Å²) in [4.78, 5) is 15.0. The standard InChI is InChI=1S/C25H24N2O/c1-19-8-13-24(16-20(19)2)27(25(28)17-22-6-4-3-5-7-22)15-14-21-9-11-23(18-26)12-10-21/h3-13,16H,14-15,17H2,1-2H3. The molecule has 0 heterocycles. The van der Waals surface area contributed by atoms with Crippen molar-refractivity contribution in [2.24, 2.45) is 0 Å². The lowest BCUT2D eigenvalue weighted by atomic mass is 10.1. The molecule has 3 aromatic carbocycles. The van der Waals surface area contributed by atoms with Gasteiger partial charge in [0.05, 0.1) is 18.1 Å². The molecular formula is C25H24N2O. The second kappa shape index (κ2) is 9.01. The summed E-state index contributed by atoms with van der Waals surface area (Å²) in [5, 5.41) is 8.95. The van der Waals surface area contributed by atoms with Crippen LogP contribution in [0, 0.1) is 25.2 Å². The largest absolute Gasteiger partial charge is 0.312 e. The van der Waals surface area contributed by atoms with Crippen LogP contribution >= 0.6 is 0 Å². The molecule has 0 aromatic heterocycles. The number of nitriles is 1. The van der Waals surface area contributed by atoms with Crippen LogP contribution in [0.25, 0.3) is 0 Å². The zero-order chi connectivity index (χ0) is 19.9. The molecule has 0 aliphatic heterocycles. The van der Waals surface area contributed by atoms with Gasteiger partial charge in [-0.25, -0.2) is 0 Å². The van der Waals surface area contributed by atoms with Gasteiger partial charge in [0.15, 0.2) is 0 Å². The lowest BCUT2D eigenvalue weighted by Crippen LogP contribution is -2.34. The van der Waals surface area contributed by atoms with Crippen LogP contribution in [-0.2, 0) is 17.6 Å². The SMILES string of the molecule is Cc1ccc(N(CCc2ccc(C#N)cc2)C(=O)Cc2ccccc2)cc1C. The first-order chi connectivity index (χ1) is 13.6. The Kier molecular flexibility index (Phi) is 6.24. The van der Waals surface area contributed by atoms with Gasteiger partial charge in [-0.15, -0.1) is 0 Å². The molecule has 0 spiro atoms. The summed E-state index contributed by atoms with van der Waals surface area (Å²) >= 11 is 0. The summed E-state index contributed by atoms with van der Waals surface area (Å²) in [5.74, 6) is 0.0862. The number of rotatable bonds is 6. The van der Waals surface area contributed by atoms with Crippen LogP contribution in [-0.4, -0.2) is 12.5 Å². The molecule has 28 heavy (non-hydrogen) atoms. The van der Waals surface area contributed by atoms with Crippen LogP contribution < -0.4 is 4.90 Å². The maximum absolute atomic E-state index is 13.1. The lowest BCUT2D eigenvalue weighted by Gasteiger charge is -2.24. The Labute approximate surface area is 166 Å². The molecular weight excluding hydrogens is 344 g/mol. The van der Waals surface area contributed by atoms with Gasteiger partial charge >= 0.3 is 0 Å². The van der Waals surface area contributed by atoms with Crippen molar-refractivity contribution >= 4 is 11.6 Å². The molecule has 0 radical (unpaired) electrons. The summed E-state index contributed by atoms with van der Waals surface area (Å²) < 4.78 is 0. The average molecular weight is 368 g/mol. The number of nitrogens with zero attached hydrogens (tertiary/aromatic N) is 2. The second-order valence-electron chi connectivity index (χ2n) is 7.04. The van der Waals surface area contributed by atoms with Crippen LogP contribution in [0.2, 0.25) is 0 Å². The van der Waals surface area contributed by atoms with Crippen molar-refractivity contribution in [1.82, 2.24) is 0 Å². The highest BCUT2D eigenvalue weighted by Crippen LogP contribution is 2.21. The van der Waals surface area contributed by atoms with Crippen LogP contribution in [0.5, 0.6) is 0 Å². The van der Waals surface area contributed by atoms with Gasteiger partial charge in [-0.3, -0.25) is 4.79 Å². The quantitative estimate of drug-likeness (QED) is 0.615. The Morgan fingerprint density at radius 1 is 0.893 bits per heavy atom. The highest BCUT2D eigenvalue weighted by molar-refractivity contribution is 5.94. The average Bonchev–Trinajstić information content (AvgIpc) is 2.72. The minimum absolute atomic E-state index is 0.0862. The Morgan fingerprint density at radius 2 is 1.61 bits per heavy atom. The molecule has 0 saturated heterocycles. The van der Waals surface area contributed by atoms with E-state index < -0.39 is 0 Å². The van der Waals surface area contributed by atoms with Gasteiger partial charge in [-0.2, -0.15) is 5.26 Å². The van der Waals surface area contributed by atoms with Crippen molar-refractivity contribution in [2.75, 3.05) is 11.4 Å². The van der Waals surface area contributed by atoms with E-state index in [2.05, 4.69) is 32.0 Å². The maximum Gasteiger partial charge on any atom is 0.231 e. The summed E-state index contributed by atoms with van der Waals surface area (Å²) in [6.45, 7) is 4.74. The van der Waals surface area contributed by atoms with Gasteiger partial charge in [0.2, 0.25) is 5.91 Å². The number of anilines is 1. The number of benzene rings is 3. The van der Waals surface area contributed by atoms with Crippen molar-refractivity contribution in [3.05, 3.63) is 101 Å². The van der Waals surface area contributed by atoms with Gasteiger partial charge in [-0.05, 0) is 66.8 Å². The molecule has 0 bridgehead atoms. The molecule has 3 heteroatoms. The van der Waals surface area contributed by atoms with Gasteiger partial charge in [-0.1, -0.05) is 48.5 Å². The summed E-state index contributed by atoms with van der Waals surface area (Å²) in [6.07, 6.45) is 1.11. The first kappa shape index (κ1) is 19.4. The fourth-order valence-corrected chi connectivity index (χ4v) is 3.14. The Bertz CT molecular complexity index is 985. The summed E-state index contributed by atoms with van der Waals surface area (Å²) in [5.41, 5.74) is 6.09. The van der Waals surface area contributed by atoms with E-state index in [1.54, 1.807) is 0 Å². The zero-order valence-corrected chi connectivity index (χ0v) is 16.4. The van der Waals surface area contributed by atoms with E-state index in [1.165, 1.54) is 11.1 Å². The molecule has 0 saturated carbocycles. The molecule has 3 aromatic rings. The number of carbonyl (C=O) groups excluding carboxylic acids is 1. The van der Waals surface area contributed by atoms with E-state index >= 15 is 0 Å². The Morgan fingerprint density at radius 3 is 2.25 bits per heavy atom. The van der Waals surface area contributed by atoms with Gasteiger partial charge in [0, 0.05) is 12.2 Å². The highest BCUT2D eigenvalue weighted by atomic mass is 16.2. The zero-order valence-electron chi connectivity index (χ0n) is 16.4. The van der Waals surface area contributed by atoms with Crippen molar-refractivity contribution in [3.8, 4) is 6.07 Å². The molecule has 140 valence electrons. The monoisotopic (exact) mass is 368 g/mol. The first-order valence-electron chi connectivity index (χ1n) is 9.47. The molecule has 3 rings (SSSR count). The van der Waals surface area contributed by atoms with Gasteiger partial charge < -0.3 is 4.90 Å². The molecule has 0 aliphatic rings. The van der Waals surface area contributed by atoms with Crippen LogP contribution in [0.4, 0.5) is 5.69 Å². The normalized spacial score (nSPS) is 10.3. The Balaban J connectivity index is 1.81. The number of hydrogen-bond acceptors (Lipinski definition) is 2. The molecule has 1 amide bonds. The molecule has 0 fully saturated rings. The molecule has 0 atom stereocenters. The van der Waals surface area contributed by atoms with E-state index in [0.29, 0.717) is 18.5 Å². The molecule has 0 aliphatic carbocycles. The number of aryl methyl sites for hydroxylation is 2. The summed E-state index contributed by atoms with van der Waals surface area (Å²) in [6, 6.07) is 25.7. The third-order valence-corrected chi connectivity index (χ3v) is 5.01. The number of hydrogen-bond donors (Lipinski definition) is 0. The van der Waals surface area contributed by atoms with Crippen LogP contribution in [0.1, 0.15) is 27.8 Å². The van der Waals surface area contributed by atoms with Crippen LogP contribution in [0.15, 0.2) is 72.8 Å². The Hall–Kier alpha value is -3.38. The molecule has 3 nitrogen and oxygen atoms in total. The van der Waals surface area contributed by atoms with Crippen molar-refractivity contribution in [1.29, 1.82) is 5.26 Å².